The molecule has 0 radical (unpaired) electrons. The summed E-state index contributed by atoms with van der Waals surface area (Å²) in [5, 5.41) is 3.68. The van der Waals surface area contributed by atoms with Gasteiger partial charge in [0.05, 0.1) is 21.6 Å². The van der Waals surface area contributed by atoms with Gasteiger partial charge in [-0.3, -0.25) is 9.69 Å². The number of hydrogen-bond donors (Lipinski definition) is 1. The third kappa shape index (κ3) is 5.76. The maximum atomic E-state index is 12.7. The molecule has 1 amide bonds. The van der Waals surface area contributed by atoms with E-state index in [-0.39, 0.29) is 10.8 Å². The molecule has 0 spiro atoms. The number of carbonyl (C=O) groups is 1. The fourth-order valence-corrected chi connectivity index (χ4v) is 5.24. The summed E-state index contributed by atoms with van der Waals surface area (Å²) in [4.78, 5) is 21.4. The average Bonchev–Trinajstić information content (AvgIpc) is 3.15. The summed E-state index contributed by atoms with van der Waals surface area (Å²) in [6.45, 7) is 7.05. The van der Waals surface area contributed by atoms with Gasteiger partial charge in [0.25, 0.3) is 0 Å². The van der Waals surface area contributed by atoms with Crippen molar-refractivity contribution < 1.29 is 13.2 Å². The zero-order valence-electron chi connectivity index (χ0n) is 16.5. The highest BCUT2D eigenvalue weighted by atomic mass is 35.5. The van der Waals surface area contributed by atoms with Gasteiger partial charge in [0.15, 0.2) is 0 Å². The highest BCUT2D eigenvalue weighted by molar-refractivity contribution is 7.89. The Balaban J connectivity index is 1.52. The van der Waals surface area contributed by atoms with Gasteiger partial charge in [-0.2, -0.15) is 4.72 Å². The number of aryl methyl sites for hydroxylation is 1. The standard InChI is InChI=1S/C19H25ClN4O3S2/c1-3-18-21-16(13-28-18)12-23-8-10-24(11-9-23)19(25)14(2)22-29(26,27)17-6-4-15(20)5-7-17/h4-7,13-14,22H,3,8-12H2,1-2H3/t14-/m0/s1. The van der Waals surface area contributed by atoms with Crippen LogP contribution in [0.15, 0.2) is 34.5 Å². The molecule has 10 heteroatoms. The normalized spacial score (nSPS) is 16.7. The van der Waals surface area contributed by atoms with Crippen LogP contribution >= 0.6 is 22.9 Å². The third-order valence-electron chi connectivity index (χ3n) is 4.80. The molecule has 29 heavy (non-hydrogen) atoms. The summed E-state index contributed by atoms with van der Waals surface area (Å²) in [6, 6.07) is 5.01. The summed E-state index contributed by atoms with van der Waals surface area (Å²) < 4.78 is 27.4. The van der Waals surface area contributed by atoms with Crippen molar-refractivity contribution in [3.05, 3.63) is 45.4 Å². The summed E-state index contributed by atoms with van der Waals surface area (Å²) in [7, 11) is -3.79. The molecule has 0 saturated carbocycles. The lowest BCUT2D eigenvalue weighted by Gasteiger charge is -2.35. The van der Waals surface area contributed by atoms with Gasteiger partial charge in [-0.05, 0) is 37.6 Å². The predicted octanol–water partition coefficient (Wildman–Crippen LogP) is 2.37. The van der Waals surface area contributed by atoms with E-state index >= 15 is 0 Å². The van der Waals surface area contributed by atoms with E-state index in [2.05, 4.69) is 26.9 Å². The summed E-state index contributed by atoms with van der Waals surface area (Å²) in [6.07, 6.45) is 0.941. The molecule has 1 aliphatic heterocycles. The van der Waals surface area contributed by atoms with E-state index in [0.29, 0.717) is 18.1 Å². The molecule has 158 valence electrons. The van der Waals surface area contributed by atoms with Crippen LogP contribution in [0.2, 0.25) is 5.02 Å². The first-order valence-corrected chi connectivity index (χ1v) is 12.2. The lowest BCUT2D eigenvalue weighted by atomic mass is 10.2. The van der Waals surface area contributed by atoms with Crippen LogP contribution in [0.5, 0.6) is 0 Å². The second-order valence-electron chi connectivity index (χ2n) is 6.98. The van der Waals surface area contributed by atoms with E-state index < -0.39 is 16.1 Å². The van der Waals surface area contributed by atoms with Crippen LogP contribution in [0.1, 0.15) is 24.5 Å². The zero-order chi connectivity index (χ0) is 21.0. The van der Waals surface area contributed by atoms with Gasteiger partial charge in [-0.15, -0.1) is 11.3 Å². The van der Waals surface area contributed by atoms with Crippen LogP contribution < -0.4 is 4.72 Å². The van der Waals surface area contributed by atoms with Crippen molar-refractivity contribution in [3.8, 4) is 0 Å². The van der Waals surface area contributed by atoms with Gasteiger partial charge >= 0.3 is 0 Å². The molecular formula is C19H25ClN4O3S2. The number of carbonyl (C=O) groups excluding carboxylic acids is 1. The number of nitrogens with one attached hydrogen (secondary N) is 1. The van der Waals surface area contributed by atoms with Crippen LogP contribution in [0.3, 0.4) is 0 Å². The Kier molecular flexibility index (Phi) is 7.28. The largest absolute Gasteiger partial charge is 0.339 e. The molecule has 0 bridgehead atoms. The fraction of sp³-hybridized carbons (Fsp3) is 0.474. The Labute approximate surface area is 180 Å². The lowest BCUT2D eigenvalue weighted by molar-refractivity contribution is -0.134. The van der Waals surface area contributed by atoms with Crippen LogP contribution in [0, 0.1) is 0 Å². The summed E-state index contributed by atoms with van der Waals surface area (Å²) in [5.41, 5.74) is 1.07. The Bertz CT molecular complexity index is 939. The highest BCUT2D eigenvalue weighted by Gasteiger charge is 2.28. The molecule has 2 heterocycles. The SMILES string of the molecule is CCc1nc(CN2CCN(C(=O)[C@H](C)NS(=O)(=O)c3ccc(Cl)cc3)CC2)cs1. The molecule has 0 aliphatic carbocycles. The summed E-state index contributed by atoms with van der Waals surface area (Å²) in [5.74, 6) is -0.218. The Morgan fingerprint density at radius 3 is 2.48 bits per heavy atom. The molecule has 7 nitrogen and oxygen atoms in total. The molecule has 1 atom stereocenters. The van der Waals surface area contributed by atoms with Crippen molar-refractivity contribution in [1.82, 2.24) is 19.5 Å². The van der Waals surface area contributed by atoms with E-state index in [1.165, 1.54) is 24.3 Å². The Hall–Kier alpha value is -1.52. The van der Waals surface area contributed by atoms with Gasteiger partial charge in [0, 0.05) is 43.1 Å². The molecule has 1 aromatic heterocycles. The zero-order valence-corrected chi connectivity index (χ0v) is 18.9. The molecule has 1 fully saturated rings. The van der Waals surface area contributed by atoms with Crippen LogP contribution in [0.4, 0.5) is 0 Å². The lowest BCUT2D eigenvalue weighted by Crippen LogP contribution is -2.53. The van der Waals surface area contributed by atoms with Crippen LogP contribution in [-0.2, 0) is 27.8 Å². The van der Waals surface area contributed by atoms with E-state index in [1.807, 2.05) is 0 Å². The maximum Gasteiger partial charge on any atom is 0.241 e. The average molecular weight is 457 g/mol. The number of piperazine rings is 1. The van der Waals surface area contributed by atoms with Gasteiger partial charge in [0.1, 0.15) is 0 Å². The fourth-order valence-electron chi connectivity index (χ4n) is 3.18. The quantitative estimate of drug-likeness (QED) is 0.691. The van der Waals surface area contributed by atoms with Crippen LogP contribution in [0.25, 0.3) is 0 Å². The minimum absolute atomic E-state index is 0.0843. The molecule has 1 aliphatic rings. The number of benzene rings is 1. The number of rotatable bonds is 7. The van der Waals surface area contributed by atoms with E-state index in [9.17, 15) is 13.2 Å². The molecule has 0 unspecified atom stereocenters. The second kappa shape index (κ2) is 9.53. The van der Waals surface area contributed by atoms with Crippen molar-refractivity contribution in [3.63, 3.8) is 0 Å². The van der Waals surface area contributed by atoms with Gasteiger partial charge in [-0.1, -0.05) is 18.5 Å². The predicted molar refractivity (Wildman–Crippen MR) is 115 cm³/mol. The third-order valence-corrected chi connectivity index (χ3v) is 7.65. The van der Waals surface area contributed by atoms with Gasteiger partial charge in [0.2, 0.25) is 15.9 Å². The number of thiazole rings is 1. The maximum absolute atomic E-state index is 12.7. The molecule has 1 saturated heterocycles. The number of aromatic nitrogens is 1. The van der Waals surface area contributed by atoms with Crippen molar-refractivity contribution in [1.29, 1.82) is 0 Å². The smallest absolute Gasteiger partial charge is 0.241 e. The highest BCUT2D eigenvalue weighted by Crippen LogP contribution is 2.16. The molecule has 3 rings (SSSR count). The Morgan fingerprint density at radius 1 is 1.24 bits per heavy atom. The number of hydrogen-bond acceptors (Lipinski definition) is 6. The first-order valence-electron chi connectivity index (χ1n) is 9.51. The van der Waals surface area contributed by atoms with Gasteiger partial charge < -0.3 is 4.90 Å². The first-order chi connectivity index (χ1) is 13.8. The molecular weight excluding hydrogens is 432 g/mol. The van der Waals surface area contributed by atoms with Crippen molar-refractivity contribution >= 4 is 38.9 Å². The second-order valence-corrected chi connectivity index (χ2v) is 10.1. The first kappa shape index (κ1) is 22.2. The van der Waals surface area contributed by atoms with Crippen molar-refractivity contribution in [2.24, 2.45) is 0 Å². The van der Waals surface area contributed by atoms with Crippen LogP contribution in [-0.4, -0.2) is 61.3 Å². The van der Waals surface area contributed by atoms with E-state index in [1.54, 1.807) is 23.2 Å². The minimum atomic E-state index is -3.79. The monoisotopic (exact) mass is 456 g/mol. The van der Waals surface area contributed by atoms with E-state index in [0.717, 1.165) is 36.8 Å². The molecule has 2 aromatic rings. The van der Waals surface area contributed by atoms with Gasteiger partial charge in [-0.25, -0.2) is 13.4 Å². The minimum Gasteiger partial charge on any atom is -0.339 e. The van der Waals surface area contributed by atoms with Crippen molar-refractivity contribution in [2.75, 3.05) is 26.2 Å². The molecule has 1 aromatic carbocycles. The van der Waals surface area contributed by atoms with Crippen molar-refractivity contribution in [2.45, 2.75) is 37.8 Å². The molecule has 1 N–H and O–H groups in total. The van der Waals surface area contributed by atoms with E-state index in [4.69, 9.17) is 11.6 Å². The Morgan fingerprint density at radius 2 is 1.90 bits per heavy atom. The number of amides is 1. The number of sulfonamides is 1. The number of halogens is 1. The topological polar surface area (TPSA) is 82.6 Å². The summed E-state index contributed by atoms with van der Waals surface area (Å²) >= 11 is 7.48. The number of nitrogens with zero attached hydrogens (tertiary/aromatic N) is 3.